The number of benzene rings is 1. The number of hydrogen-bond acceptors (Lipinski definition) is 5. The van der Waals surface area contributed by atoms with Gasteiger partial charge in [-0.15, -0.1) is 0 Å². The van der Waals surface area contributed by atoms with Crippen LogP contribution in [0.25, 0.3) is 0 Å². The Bertz CT molecular complexity index is 686. The minimum Gasteiger partial charge on any atom is -0.476 e. The van der Waals surface area contributed by atoms with Crippen molar-refractivity contribution in [2.24, 2.45) is 0 Å². The number of carbonyl (C=O) groups is 1. The van der Waals surface area contributed by atoms with Crippen LogP contribution < -0.4 is 4.74 Å². The molecule has 0 amide bonds. The second-order valence-electron chi connectivity index (χ2n) is 3.81. The number of hydrogen-bond donors (Lipinski definition) is 1. The Hall–Kier alpha value is -2.68. The first kappa shape index (κ1) is 14.7. The number of aromatic carboxylic acids is 1. The van der Waals surface area contributed by atoms with Gasteiger partial charge in [-0.1, -0.05) is 11.6 Å². The molecule has 0 bridgehead atoms. The van der Waals surface area contributed by atoms with Crippen molar-refractivity contribution in [1.29, 1.82) is 0 Å². The van der Waals surface area contributed by atoms with E-state index in [0.29, 0.717) is 0 Å². The van der Waals surface area contributed by atoms with Crippen LogP contribution in [0.5, 0.6) is 5.75 Å². The first-order valence-electron chi connectivity index (χ1n) is 5.41. The van der Waals surface area contributed by atoms with Crippen LogP contribution in [0.1, 0.15) is 10.5 Å². The summed E-state index contributed by atoms with van der Waals surface area (Å²) in [6.45, 7) is -0.296. The van der Waals surface area contributed by atoms with Crippen LogP contribution in [-0.2, 0) is 6.73 Å². The highest BCUT2D eigenvalue weighted by Gasteiger charge is 2.25. The van der Waals surface area contributed by atoms with Gasteiger partial charge < -0.3 is 9.84 Å². The van der Waals surface area contributed by atoms with Crippen LogP contribution in [0.2, 0.25) is 5.02 Å². The number of ether oxygens (including phenoxy) is 1. The van der Waals surface area contributed by atoms with Gasteiger partial charge in [-0.05, 0) is 12.1 Å². The number of carboxylic acid groups (broad SMARTS) is 1. The fourth-order valence-electron chi connectivity index (χ4n) is 1.47. The van der Waals surface area contributed by atoms with Gasteiger partial charge in [0.1, 0.15) is 17.8 Å². The zero-order valence-electron chi connectivity index (χ0n) is 10.2. The van der Waals surface area contributed by atoms with Gasteiger partial charge in [-0.2, -0.15) is 5.10 Å². The van der Waals surface area contributed by atoms with E-state index in [0.717, 1.165) is 16.9 Å². The SMILES string of the molecule is O=C(O)c1nn(COc2ccc(F)c(Cl)c2)cc1[N+](=O)[O-]. The lowest BCUT2D eigenvalue weighted by Crippen LogP contribution is -2.07. The van der Waals surface area contributed by atoms with Gasteiger partial charge in [0.15, 0.2) is 6.73 Å². The van der Waals surface area contributed by atoms with E-state index < -0.39 is 28.1 Å². The lowest BCUT2D eigenvalue weighted by molar-refractivity contribution is -0.385. The summed E-state index contributed by atoms with van der Waals surface area (Å²) in [5.41, 5.74) is -1.34. The summed E-state index contributed by atoms with van der Waals surface area (Å²) in [5, 5.41) is 22.9. The Kier molecular flexibility index (Phi) is 4.03. The Labute approximate surface area is 121 Å². The number of nitrogens with zero attached hydrogens (tertiary/aromatic N) is 3. The first-order valence-corrected chi connectivity index (χ1v) is 5.79. The molecule has 110 valence electrons. The molecule has 8 nitrogen and oxygen atoms in total. The van der Waals surface area contributed by atoms with Crippen LogP contribution in [0.15, 0.2) is 24.4 Å². The van der Waals surface area contributed by atoms with Crippen LogP contribution >= 0.6 is 11.6 Å². The quantitative estimate of drug-likeness (QED) is 0.670. The second kappa shape index (κ2) is 5.75. The molecule has 0 unspecified atom stereocenters. The topological polar surface area (TPSA) is 107 Å². The molecule has 1 N–H and O–H groups in total. The molecule has 0 fully saturated rings. The van der Waals surface area contributed by atoms with E-state index >= 15 is 0 Å². The van der Waals surface area contributed by atoms with Crippen LogP contribution in [0, 0.1) is 15.9 Å². The fraction of sp³-hybridized carbons (Fsp3) is 0.0909. The molecule has 0 aliphatic carbocycles. The Balaban J connectivity index is 2.16. The largest absolute Gasteiger partial charge is 0.476 e. The van der Waals surface area contributed by atoms with Crippen molar-refractivity contribution in [1.82, 2.24) is 9.78 Å². The lowest BCUT2D eigenvalue weighted by atomic mass is 10.3. The van der Waals surface area contributed by atoms with Gasteiger partial charge >= 0.3 is 11.7 Å². The van der Waals surface area contributed by atoms with Crippen molar-refractivity contribution in [3.05, 3.63) is 51.0 Å². The molecule has 0 aliphatic rings. The van der Waals surface area contributed by atoms with Crippen molar-refractivity contribution in [2.45, 2.75) is 6.73 Å². The van der Waals surface area contributed by atoms with Crippen molar-refractivity contribution >= 4 is 23.3 Å². The summed E-state index contributed by atoms with van der Waals surface area (Å²) in [4.78, 5) is 20.6. The summed E-state index contributed by atoms with van der Waals surface area (Å²) < 4.78 is 19.1. The highest BCUT2D eigenvalue weighted by molar-refractivity contribution is 6.30. The molecule has 0 saturated carbocycles. The third kappa shape index (κ3) is 3.26. The predicted octanol–water partition coefficient (Wildman–Crippen LogP) is 2.32. The number of carboxylic acids is 1. The summed E-state index contributed by atoms with van der Waals surface area (Å²) in [7, 11) is 0. The Morgan fingerprint density at radius 3 is 2.81 bits per heavy atom. The summed E-state index contributed by atoms with van der Waals surface area (Å²) in [6, 6.07) is 3.61. The second-order valence-corrected chi connectivity index (χ2v) is 4.22. The van der Waals surface area contributed by atoms with E-state index in [1.54, 1.807) is 0 Å². The maximum Gasteiger partial charge on any atom is 0.363 e. The molecule has 1 heterocycles. The van der Waals surface area contributed by atoms with Gasteiger partial charge in [0.2, 0.25) is 5.69 Å². The normalized spacial score (nSPS) is 10.4. The molecule has 0 radical (unpaired) electrons. The molecule has 10 heteroatoms. The highest BCUT2D eigenvalue weighted by Crippen LogP contribution is 2.22. The van der Waals surface area contributed by atoms with Crippen molar-refractivity contribution in [3.63, 3.8) is 0 Å². The number of nitro groups is 1. The highest BCUT2D eigenvalue weighted by atomic mass is 35.5. The van der Waals surface area contributed by atoms with Crippen molar-refractivity contribution < 1.29 is 24.0 Å². The Morgan fingerprint density at radius 2 is 2.29 bits per heavy atom. The van der Waals surface area contributed by atoms with E-state index in [2.05, 4.69) is 5.10 Å². The standard InChI is InChI=1S/C11H7ClFN3O5/c12-7-3-6(1-2-8(7)13)21-5-15-4-9(16(19)20)10(14-15)11(17)18/h1-4H,5H2,(H,17,18). The maximum absolute atomic E-state index is 13.0. The van der Waals surface area contributed by atoms with E-state index in [1.807, 2.05) is 0 Å². The minimum atomic E-state index is -1.52. The molecular weight excluding hydrogens is 309 g/mol. The van der Waals surface area contributed by atoms with Gasteiger partial charge in [-0.3, -0.25) is 10.1 Å². The monoisotopic (exact) mass is 315 g/mol. The average Bonchev–Trinajstić information content (AvgIpc) is 2.85. The van der Waals surface area contributed by atoms with Gasteiger partial charge in [-0.25, -0.2) is 13.9 Å². The third-order valence-electron chi connectivity index (χ3n) is 2.40. The lowest BCUT2D eigenvalue weighted by Gasteiger charge is -2.06. The van der Waals surface area contributed by atoms with Crippen LogP contribution in [0.3, 0.4) is 0 Å². The van der Waals surface area contributed by atoms with E-state index in [1.165, 1.54) is 12.1 Å². The molecule has 1 aromatic heterocycles. The maximum atomic E-state index is 13.0. The smallest absolute Gasteiger partial charge is 0.363 e. The number of halogens is 2. The summed E-state index contributed by atoms with van der Waals surface area (Å²) in [5.74, 6) is -1.94. The number of aromatic nitrogens is 2. The predicted molar refractivity (Wildman–Crippen MR) is 67.9 cm³/mol. The molecular formula is C11H7ClFN3O5. The van der Waals surface area contributed by atoms with Crippen LogP contribution in [0.4, 0.5) is 10.1 Å². The fourth-order valence-corrected chi connectivity index (χ4v) is 1.64. The number of rotatable bonds is 5. The third-order valence-corrected chi connectivity index (χ3v) is 2.69. The molecule has 0 atom stereocenters. The molecule has 21 heavy (non-hydrogen) atoms. The van der Waals surface area contributed by atoms with E-state index in [-0.39, 0.29) is 17.5 Å². The zero-order valence-corrected chi connectivity index (χ0v) is 11.0. The molecule has 1 aromatic carbocycles. The van der Waals surface area contributed by atoms with E-state index in [9.17, 15) is 19.3 Å². The van der Waals surface area contributed by atoms with Crippen LogP contribution in [-0.4, -0.2) is 25.8 Å². The first-order chi connectivity index (χ1) is 9.88. The van der Waals surface area contributed by atoms with Gasteiger partial charge in [0.05, 0.1) is 9.95 Å². The van der Waals surface area contributed by atoms with Crippen molar-refractivity contribution in [2.75, 3.05) is 0 Å². The zero-order chi connectivity index (χ0) is 15.6. The molecule has 0 spiro atoms. The van der Waals surface area contributed by atoms with Gasteiger partial charge in [0.25, 0.3) is 0 Å². The summed E-state index contributed by atoms with van der Waals surface area (Å²) >= 11 is 5.56. The summed E-state index contributed by atoms with van der Waals surface area (Å²) in [6.07, 6.45) is 0.925. The Morgan fingerprint density at radius 1 is 1.57 bits per heavy atom. The molecule has 0 aliphatic heterocycles. The average molecular weight is 316 g/mol. The molecule has 0 saturated heterocycles. The van der Waals surface area contributed by atoms with Crippen molar-refractivity contribution in [3.8, 4) is 5.75 Å². The molecule has 2 aromatic rings. The van der Waals surface area contributed by atoms with E-state index in [4.69, 9.17) is 21.4 Å². The van der Waals surface area contributed by atoms with Gasteiger partial charge in [0, 0.05) is 6.07 Å². The molecule has 2 rings (SSSR count). The minimum absolute atomic E-state index is 0.148.